The second-order valence-corrected chi connectivity index (χ2v) is 7.21. The lowest BCUT2D eigenvalue weighted by molar-refractivity contribution is -0.118. The summed E-state index contributed by atoms with van der Waals surface area (Å²) < 4.78 is 5.11. The molecule has 2 fully saturated rings. The Balaban J connectivity index is 1.77. The van der Waals surface area contributed by atoms with Crippen LogP contribution >= 0.6 is 11.3 Å². The quantitative estimate of drug-likeness (QED) is 0.866. The SMILES string of the molecule is CCOC(=O)c1c(NC(=O)C2C3CCCC32)sc(C)c1C. The number of aryl methyl sites for hydroxylation is 1. The molecule has 1 N–H and O–H groups in total. The predicted octanol–water partition coefficient (Wildman–Crippen LogP) is 3.53. The summed E-state index contributed by atoms with van der Waals surface area (Å²) in [6, 6.07) is 0. The Labute approximate surface area is 128 Å². The fourth-order valence-corrected chi connectivity index (χ4v) is 4.62. The maximum absolute atomic E-state index is 12.4. The first-order valence-electron chi connectivity index (χ1n) is 7.62. The van der Waals surface area contributed by atoms with Crippen LogP contribution in [0.3, 0.4) is 0 Å². The van der Waals surface area contributed by atoms with Crippen molar-refractivity contribution in [3.8, 4) is 0 Å². The van der Waals surface area contributed by atoms with E-state index in [2.05, 4.69) is 5.32 Å². The minimum Gasteiger partial charge on any atom is -0.462 e. The first-order chi connectivity index (χ1) is 10.0. The summed E-state index contributed by atoms with van der Waals surface area (Å²) in [5.74, 6) is 1.06. The highest BCUT2D eigenvalue weighted by Crippen LogP contribution is 2.57. The molecule has 0 radical (unpaired) electrons. The molecule has 2 aliphatic carbocycles. The molecule has 2 atom stereocenters. The summed E-state index contributed by atoms with van der Waals surface area (Å²) in [5, 5.41) is 3.63. The van der Waals surface area contributed by atoms with Crippen molar-refractivity contribution in [3.05, 3.63) is 16.0 Å². The summed E-state index contributed by atoms with van der Waals surface area (Å²) in [5.41, 5.74) is 1.43. The van der Waals surface area contributed by atoms with Crippen LogP contribution in [0.25, 0.3) is 0 Å². The fourth-order valence-electron chi connectivity index (χ4n) is 3.57. The van der Waals surface area contributed by atoms with E-state index in [1.165, 1.54) is 30.6 Å². The highest BCUT2D eigenvalue weighted by atomic mass is 32.1. The number of hydrogen-bond acceptors (Lipinski definition) is 4. The molecule has 1 heterocycles. The number of thiophene rings is 1. The summed E-state index contributed by atoms with van der Waals surface area (Å²) in [7, 11) is 0. The normalized spacial score (nSPS) is 26.3. The second kappa shape index (κ2) is 5.44. The average molecular weight is 307 g/mol. The van der Waals surface area contributed by atoms with Gasteiger partial charge in [0.2, 0.25) is 5.91 Å². The Morgan fingerprint density at radius 1 is 1.29 bits per heavy atom. The smallest absolute Gasteiger partial charge is 0.341 e. The van der Waals surface area contributed by atoms with Gasteiger partial charge < -0.3 is 10.1 Å². The van der Waals surface area contributed by atoms with Crippen molar-refractivity contribution in [2.45, 2.75) is 40.0 Å². The van der Waals surface area contributed by atoms with Crippen molar-refractivity contribution in [1.29, 1.82) is 0 Å². The lowest BCUT2D eigenvalue weighted by Gasteiger charge is -2.08. The van der Waals surface area contributed by atoms with Crippen molar-refractivity contribution >= 4 is 28.2 Å². The second-order valence-electron chi connectivity index (χ2n) is 5.98. The number of hydrogen-bond donors (Lipinski definition) is 1. The molecule has 2 unspecified atom stereocenters. The van der Waals surface area contributed by atoms with Crippen LogP contribution in [-0.4, -0.2) is 18.5 Å². The molecule has 1 aromatic heterocycles. The molecule has 3 rings (SSSR count). The van der Waals surface area contributed by atoms with E-state index in [1.54, 1.807) is 6.92 Å². The van der Waals surface area contributed by atoms with E-state index >= 15 is 0 Å². The molecule has 114 valence electrons. The Kier molecular flexibility index (Phi) is 3.78. The number of esters is 1. The molecule has 1 amide bonds. The first-order valence-corrected chi connectivity index (χ1v) is 8.44. The van der Waals surface area contributed by atoms with Crippen LogP contribution in [0.5, 0.6) is 0 Å². The van der Waals surface area contributed by atoms with E-state index in [-0.39, 0.29) is 17.8 Å². The van der Waals surface area contributed by atoms with Crippen LogP contribution in [0.15, 0.2) is 0 Å². The molecule has 0 spiro atoms. The fraction of sp³-hybridized carbons (Fsp3) is 0.625. The number of amides is 1. The van der Waals surface area contributed by atoms with E-state index in [4.69, 9.17) is 4.74 Å². The van der Waals surface area contributed by atoms with Gasteiger partial charge in [0.05, 0.1) is 12.2 Å². The Bertz CT molecular complexity index is 583. The van der Waals surface area contributed by atoms with Crippen LogP contribution in [-0.2, 0) is 9.53 Å². The molecule has 21 heavy (non-hydrogen) atoms. The van der Waals surface area contributed by atoms with Crippen molar-refractivity contribution in [3.63, 3.8) is 0 Å². The average Bonchev–Trinajstić information content (AvgIpc) is 2.77. The monoisotopic (exact) mass is 307 g/mol. The van der Waals surface area contributed by atoms with Gasteiger partial charge in [-0.2, -0.15) is 0 Å². The topological polar surface area (TPSA) is 55.4 Å². The third kappa shape index (κ3) is 2.48. The van der Waals surface area contributed by atoms with Crippen LogP contribution in [0.1, 0.15) is 47.0 Å². The van der Waals surface area contributed by atoms with Gasteiger partial charge in [-0.3, -0.25) is 4.79 Å². The van der Waals surface area contributed by atoms with Crippen LogP contribution in [0, 0.1) is 31.6 Å². The van der Waals surface area contributed by atoms with Crippen LogP contribution < -0.4 is 5.32 Å². The van der Waals surface area contributed by atoms with E-state index in [0.29, 0.717) is 29.0 Å². The number of fused-ring (bicyclic) bond motifs is 1. The molecule has 0 aromatic carbocycles. The number of carbonyl (C=O) groups is 2. The number of ether oxygens (including phenoxy) is 1. The molecular formula is C16H21NO3S. The highest BCUT2D eigenvalue weighted by molar-refractivity contribution is 7.16. The van der Waals surface area contributed by atoms with Gasteiger partial charge in [-0.1, -0.05) is 6.42 Å². The van der Waals surface area contributed by atoms with Gasteiger partial charge >= 0.3 is 5.97 Å². The maximum atomic E-state index is 12.4. The van der Waals surface area contributed by atoms with Gasteiger partial charge in [0.15, 0.2) is 0 Å². The first kappa shape index (κ1) is 14.6. The van der Waals surface area contributed by atoms with Gasteiger partial charge in [-0.15, -0.1) is 11.3 Å². The Hall–Kier alpha value is -1.36. The molecular weight excluding hydrogens is 286 g/mol. The standard InChI is InChI=1S/C16H21NO3S/c1-4-20-16(19)12-8(2)9(3)21-15(12)17-14(18)13-10-6-5-7-11(10)13/h10-11,13H,4-7H2,1-3H3,(H,17,18). The molecule has 5 heteroatoms. The Morgan fingerprint density at radius 3 is 2.57 bits per heavy atom. The third-order valence-corrected chi connectivity index (χ3v) is 5.93. The molecule has 2 aliphatic rings. The van der Waals surface area contributed by atoms with E-state index < -0.39 is 0 Å². The zero-order valence-electron chi connectivity index (χ0n) is 12.7. The lowest BCUT2D eigenvalue weighted by atomic mass is 10.1. The molecule has 1 aromatic rings. The van der Waals surface area contributed by atoms with Gasteiger partial charge in [0.1, 0.15) is 5.00 Å². The van der Waals surface area contributed by atoms with Crippen LogP contribution in [0.4, 0.5) is 5.00 Å². The number of rotatable bonds is 4. The van der Waals surface area contributed by atoms with Crippen molar-refractivity contribution in [2.75, 3.05) is 11.9 Å². The molecule has 4 nitrogen and oxygen atoms in total. The molecule has 2 saturated carbocycles. The summed E-state index contributed by atoms with van der Waals surface area (Å²) in [6.45, 7) is 5.99. The predicted molar refractivity (Wildman–Crippen MR) is 82.7 cm³/mol. The minimum absolute atomic E-state index is 0.0801. The number of anilines is 1. The van der Waals surface area contributed by atoms with Gasteiger partial charge in [-0.05, 0) is 51.0 Å². The van der Waals surface area contributed by atoms with Crippen LogP contribution in [0.2, 0.25) is 0 Å². The van der Waals surface area contributed by atoms with E-state index in [0.717, 1.165) is 10.4 Å². The zero-order valence-corrected chi connectivity index (χ0v) is 13.5. The minimum atomic E-state index is -0.342. The summed E-state index contributed by atoms with van der Waals surface area (Å²) in [4.78, 5) is 25.5. The maximum Gasteiger partial charge on any atom is 0.341 e. The lowest BCUT2D eigenvalue weighted by Crippen LogP contribution is -2.18. The van der Waals surface area contributed by atoms with Crippen molar-refractivity contribution < 1.29 is 14.3 Å². The molecule has 0 bridgehead atoms. The summed E-state index contributed by atoms with van der Waals surface area (Å²) in [6.07, 6.45) is 3.61. The summed E-state index contributed by atoms with van der Waals surface area (Å²) >= 11 is 1.46. The van der Waals surface area contributed by atoms with Crippen molar-refractivity contribution in [2.24, 2.45) is 17.8 Å². The number of carbonyl (C=O) groups excluding carboxylic acids is 2. The zero-order chi connectivity index (χ0) is 15.1. The van der Waals surface area contributed by atoms with Gasteiger partial charge in [0, 0.05) is 10.8 Å². The van der Waals surface area contributed by atoms with Gasteiger partial charge in [-0.25, -0.2) is 4.79 Å². The number of nitrogens with one attached hydrogen (secondary N) is 1. The highest BCUT2D eigenvalue weighted by Gasteiger charge is 2.56. The van der Waals surface area contributed by atoms with Gasteiger partial charge in [0.25, 0.3) is 0 Å². The molecule has 0 saturated heterocycles. The Morgan fingerprint density at radius 2 is 1.95 bits per heavy atom. The van der Waals surface area contributed by atoms with E-state index in [9.17, 15) is 9.59 Å². The largest absolute Gasteiger partial charge is 0.462 e. The third-order valence-electron chi connectivity index (χ3n) is 4.81. The van der Waals surface area contributed by atoms with Crippen molar-refractivity contribution in [1.82, 2.24) is 0 Å². The molecule has 0 aliphatic heterocycles. The van der Waals surface area contributed by atoms with E-state index in [1.807, 2.05) is 13.8 Å².